The predicted octanol–water partition coefficient (Wildman–Crippen LogP) is 4.27. The first-order valence-electron chi connectivity index (χ1n) is 11.5. The van der Waals surface area contributed by atoms with Crippen LogP contribution >= 0.6 is 0 Å². The summed E-state index contributed by atoms with van der Waals surface area (Å²) >= 11 is 0. The molecule has 5 rings (SSSR count). The Labute approximate surface area is 205 Å². The average Bonchev–Trinajstić information content (AvgIpc) is 3.25. The SMILES string of the molecule is Cc1ccc(S(=O)(=O)N(C)c2ccc(OCC(=O)N3CCc4[nH]c5ccccc5c4C3)cc2)cc1. The summed E-state index contributed by atoms with van der Waals surface area (Å²) in [4.78, 5) is 18.3. The van der Waals surface area contributed by atoms with E-state index < -0.39 is 10.0 Å². The molecule has 0 fully saturated rings. The lowest BCUT2D eigenvalue weighted by atomic mass is 10.0. The van der Waals surface area contributed by atoms with Crippen molar-refractivity contribution >= 4 is 32.5 Å². The Hall–Kier alpha value is -3.78. The summed E-state index contributed by atoms with van der Waals surface area (Å²) in [6.45, 7) is 3.04. The van der Waals surface area contributed by atoms with Crippen LogP contribution in [-0.2, 0) is 27.8 Å². The lowest BCUT2D eigenvalue weighted by Gasteiger charge is -2.27. The van der Waals surface area contributed by atoms with Gasteiger partial charge in [-0.3, -0.25) is 9.10 Å². The van der Waals surface area contributed by atoms with E-state index in [4.69, 9.17) is 4.74 Å². The summed E-state index contributed by atoms with van der Waals surface area (Å²) in [6.07, 6.45) is 0.784. The van der Waals surface area contributed by atoms with Gasteiger partial charge in [0.15, 0.2) is 6.61 Å². The molecule has 180 valence electrons. The first-order valence-corrected chi connectivity index (χ1v) is 12.9. The Bertz CT molecular complexity index is 1480. The number of anilines is 1. The molecule has 0 atom stereocenters. The van der Waals surface area contributed by atoms with E-state index in [1.54, 1.807) is 48.5 Å². The maximum absolute atomic E-state index is 12.9. The van der Waals surface area contributed by atoms with Gasteiger partial charge >= 0.3 is 0 Å². The van der Waals surface area contributed by atoms with Gasteiger partial charge in [-0.1, -0.05) is 35.9 Å². The van der Waals surface area contributed by atoms with Crippen LogP contribution in [0.4, 0.5) is 5.69 Å². The minimum absolute atomic E-state index is 0.0749. The zero-order chi connectivity index (χ0) is 24.6. The molecule has 0 saturated heterocycles. The highest BCUT2D eigenvalue weighted by molar-refractivity contribution is 7.92. The molecule has 1 amide bonds. The van der Waals surface area contributed by atoms with E-state index in [0.717, 1.165) is 22.9 Å². The number of ether oxygens (including phenoxy) is 1. The number of hydrogen-bond acceptors (Lipinski definition) is 4. The van der Waals surface area contributed by atoms with Crippen LogP contribution in [0.3, 0.4) is 0 Å². The van der Waals surface area contributed by atoms with Gasteiger partial charge in [-0.05, 0) is 49.4 Å². The second-order valence-electron chi connectivity index (χ2n) is 8.76. The number of amides is 1. The number of benzene rings is 3. The van der Waals surface area contributed by atoms with Crippen molar-refractivity contribution in [3.63, 3.8) is 0 Å². The normalized spacial score (nSPS) is 13.5. The van der Waals surface area contributed by atoms with Crippen molar-refractivity contribution in [2.75, 3.05) is 24.5 Å². The highest BCUT2D eigenvalue weighted by Gasteiger charge is 2.24. The van der Waals surface area contributed by atoms with E-state index in [2.05, 4.69) is 17.1 Å². The number of carbonyl (C=O) groups excluding carboxylic acids is 1. The van der Waals surface area contributed by atoms with Crippen molar-refractivity contribution in [3.8, 4) is 5.75 Å². The Balaban J connectivity index is 1.21. The number of nitrogens with zero attached hydrogens (tertiary/aromatic N) is 2. The Kier molecular flexibility index (Phi) is 5.98. The third kappa shape index (κ3) is 4.49. The molecule has 0 spiro atoms. The quantitative estimate of drug-likeness (QED) is 0.439. The molecule has 0 bridgehead atoms. The Morgan fingerprint density at radius 1 is 1.03 bits per heavy atom. The monoisotopic (exact) mass is 489 g/mol. The molecular weight excluding hydrogens is 462 g/mol. The highest BCUT2D eigenvalue weighted by atomic mass is 32.2. The van der Waals surface area contributed by atoms with Crippen molar-refractivity contribution in [2.24, 2.45) is 0 Å². The second kappa shape index (κ2) is 9.11. The number of fused-ring (bicyclic) bond motifs is 3. The van der Waals surface area contributed by atoms with E-state index in [1.807, 2.05) is 24.0 Å². The molecule has 8 heteroatoms. The van der Waals surface area contributed by atoms with Crippen LogP contribution in [0.2, 0.25) is 0 Å². The van der Waals surface area contributed by atoms with E-state index >= 15 is 0 Å². The number of carbonyl (C=O) groups is 1. The van der Waals surface area contributed by atoms with Crippen molar-refractivity contribution in [2.45, 2.75) is 24.8 Å². The molecule has 1 aromatic heterocycles. The minimum atomic E-state index is -3.67. The predicted molar refractivity (Wildman–Crippen MR) is 136 cm³/mol. The van der Waals surface area contributed by atoms with Crippen LogP contribution in [0, 0.1) is 6.92 Å². The van der Waals surface area contributed by atoms with Gasteiger partial charge in [-0.25, -0.2) is 8.42 Å². The zero-order valence-corrected chi connectivity index (χ0v) is 20.5. The molecule has 0 saturated carbocycles. The number of para-hydroxylation sites is 1. The molecule has 4 aromatic rings. The van der Waals surface area contributed by atoms with Crippen LogP contribution in [0.5, 0.6) is 5.75 Å². The molecule has 1 aliphatic heterocycles. The first-order chi connectivity index (χ1) is 16.8. The van der Waals surface area contributed by atoms with Crippen LogP contribution in [0.15, 0.2) is 77.7 Å². The van der Waals surface area contributed by atoms with Gasteiger partial charge in [0.2, 0.25) is 0 Å². The molecule has 7 nitrogen and oxygen atoms in total. The Morgan fingerprint density at radius 2 is 1.74 bits per heavy atom. The number of nitrogens with one attached hydrogen (secondary N) is 1. The molecule has 0 radical (unpaired) electrons. The van der Waals surface area contributed by atoms with Crippen molar-refractivity contribution in [1.82, 2.24) is 9.88 Å². The number of aromatic amines is 1. The van der Waals surface area contributed by atoms with Crippen molar-refractivity contribution in [1.29, 1.82) is 0 Å². The summed E-state index contributed by atoms with van der Waals surface area (Å²) < 4.78 is 32.8. The molecule has 35 heavy (non-hydrogen) atoms. The summed E-state index contributed by atoms with van der Waals surface area (Å²) in [5.41, 5.74) is 4.96. The van der Waals surface area contributed by atoms with Gasteiger partial charge < -0.3 is 14.6 Å². The molecule has 0 unspecified atom stereocenters. The number of rotatable bonds is 6. The summed E-state index contributed by atoms with van der Waals surface area (Å²) in [5, 5.41) is 1.15. The zero-order valence-electron chi connectivity index (χ0n) is 19.7. The third-order valence-corrected chi connectivity index (χ3v) is 8.28. The molecule has 1 aliphatic rings. The third-order valence-electron chi connectivity index (χ3n) is 6.48. The first kappa shape index (κ1) is 23.0. The lowest BCUT2D eigenvalue weighted by molar-refractivity contribution is -0.134. The number of aryl methyl sites for hydroxylation is 1. The van der Waals surface area contributed by atoms with Crippen molar-refractivity contribution < 1.29 is 17.9 Å². The van der Waals surface area contributed by atoms with Crippen LogP contribution in [0.1, 0.15) is 16.8 Å². The topological polar surface area (TPSA) is 82.7 Å². The van der Waals surface area contributed by atoms with Crippen molar-refractivity contribution in [3.05, 3.63) is 89.6 Å². The van der Waals surface area contributed by atoms with E-state index in [1.165, 1.54) is 22.6 Å². The average molecular weight is 490 g/mol. The largest absolute Gasteiger partial charge is 0.484 e. The molecule has 0 aliphatic carbocycles. The number of sulfonamides is 1. The summed E-state index contributed by atoms with van der Waals surface area (Å²) in [5.74, 6) is 0.428. The second-order valence-corrected chi connectivity index (χ2v) is 10.7. The van der Waals surface area contributed by atoms with Crippen LogP contribution < -0.4 is 9.04 Å². The van der Waals surface area contributed by atoms with Crippen LogP contribution in [-0.4, -0.2) is 44.4 Å². The van der Waals surface area contributed by atoms with E-state index in [0.29, 0.717) is 24.5 Å². The standard InChI is InChI=1S/C27H27N3O4S/c1-19-7-13-22(14-8-19)35(32,33)29(2)20-9-11-21(12-10-20)34-18-27(31)30-16-15-26-24(17-30)23-5-3-4-6-25(23)28-26/h3-14,28H,15-18H2,1-2H3. The highest BCUT2D eigenvalue weighted by Crippen LogP contribution is 2.28. The molecular formula is C27H27N3O4S. The van der Waals surface area contributed by atoms with Gasteiger partial charge in [-0.15, -0.1) is 0 Å². The number of aromatic nitrogens is 1. The fraction of sp³-hybridized carbons (Fsp3) is 0.222. The maximum Gasteiger partial charge on any atom is 0.264 e. The molecule has 1 N–H and O–H groups in total. The summed E-state index contributed by atoms with van der Waals surface area (Å²) in [6, 6.07) is 21.6. The maximum atomic E-state index is 12.9. The summed E-state index contributed by atoms with van der Waals surface area (Å²) in [7, 11) is -2.15. The lowest BCUT2D eigenvalue weighted by Crippen LogP contribution is -2.38. The van der Waals surface area contributed by atoms with Crippen LogP contribution in [0.25, 0.3) is 10.9 Å². The number of H-pyrrole nitrogens is 1. The van der Waals surface area contributed by atoms with E-state index in [9.17, 15) is 13.2 Å². The van der Waals surface area contributed by atoms with Gasteiger partial charge in [0.1, 0.15) is 5.75 Å². The van der Waals surface area contributed by atoms with E-state index in [-0.39, 0.29) is 17.4 Å². The van der Waals surface area contributed by atoms with Gasteiger partial charge in [0.25, 0.3) is 15.9 Å². The molecule has 2 heterocycles. The Morgan fingerprint density at radius 3 is 2.49 bits per heavy atom. The molecule has 3 aromatic carbocycles. The van der Waals surface area contributed by atoms with Gasteiger partial charge in [0.05, 0.1) is 10.6 Å². The smallest absolute Gasteiger partial charge is 0.264 e. The van der Waals surface area contributed by atoms with Gasteiger partial charge in [-0.2, -0.15) is 0 Å². The fourth-order valence-corrected chi connectivity index (χ4v) is 5.57. The van der Waals surface area contributed by atoms with Gasteiger partial charge in [0, 0.05) is 48.7 Å². The fourth-order valence-electron chi connectivity index (χ4n) is 4.38. The minimum Gasteiger partial charge on any atom is -0.484 e. The number of hydrogen-bond donors (Lipinski definition) is 1.